The van der Waals surface area contributed by atoms with Crippen LogP contribution >= 0.6 is 74.0 Å². The van der Waals surface area contributed by atoms with E-state index in [0.29, 0.717) is 0 Å². The van der Waals surface area contributed by atoms with Gasteiger partial charge in [-0.05, 0) is 114 Å². The number of carbonyl (C=O) groups excluding carboxylic acids is 2. The maximum Gasteiger partial charge on any atom is -0.0134 e. The van der Waals surface area contributed by atoms with Gasteiger partial charge in [-0.3, -0.25) is 9.59 Å². The van der Waals surface area contributed by atoms with Crippen molar-refractivity contribution in [3.63, 3.8) is 0 Å². The van der Waals surface area contributed by atoms with Crippen molar-refractivity contribution >= 4 is 124 Å². The Bertz CT molecular complexity index is 2440. The van der Waals surface area contributed by atoms with Gasteiger partial charge in [0, 0.05) is 20.6 Å². The molecular weight excluding hydrogens is 1150 g/mol. The van der Waals surface area contributed by atoms with Crippen LogP contribution in [0.1, 0.15) is 30.5 Å². The summed E-state index contributed by atoms with van der Waals surface area (Å²) in [7, 11) is 8.74. The van der Waals surface area contributed by atoms with Crippen LogP contribution in [0.2, 0.25) is 10.0 Å². The summed E-state index contributed by atoms with van der Waals surface area (Å²) in [4.78, 5) is 20.0. The van der Waals surface area contributed by atoms with Crippen molar-refractivity contribution in [2.24, 2.45) is 11.5 Å². The number of nitrogens with two attached hydrogens (primary N) is 2. The Hall–Kier alpha value is -4.66. The van der Waals surface area contributed by atoms with E-state index >= 15 is 0 Å². The molecule has 0 atom stereocenters. The normalized spacial score (nSPS) is 10.1. The van der Waals surface area contributed by atoms with Gasteiger partial charge in [0.25, 0.3) is 0 Å². The molecule has 0 saturated heterocycles. The molecule has 0 bridgehead atoms. The van der Waals surface area contributed by atoms with E-state index in [2.05, 4.69) is 217 Å². The van der Waals surface area contributed by atoms with E-state index in [9.17, 15) is 9.59 Å². The number of benzene rings is 8. The summed E-state index contributed by atoms with van der Waals surface area (Å²) in [6.07, 6.45) is 5.93. The first-order chi connectivity index (χ1) is 33.9. The van der Waals surface area contributed by atoms with Gasteiger partial charge in [0.05, 0.1) is 0 Å². The van der Waals surface area contributed by atoms with E-state index in [-0.39, 0.29) is 15.9 Å². The number of hydrogen-bond donors (Lipinski definition) is 2. The summed E-state index contributed by atoms with van der Waals surface area (Å²) < 4.78 is 1.09. The minimum absolute atomic E-state index is 0.106. The third-order valence-electron chi connectivity index (χ3n) is 9.57. The quantitative estimate of drug-likeness (QED) is 0.0768. The second-order valence-electron chi connectivity index (χ2n) is 14.4. The molecule has 8 rings (SSSR count). The average Bonchev–Trinajstić information content (AvgIpc) is 3.40. The standard InChI is InChI=1S/2C18H15P.C11H12ClNO.C8H8BrCl.C3H5NO.2ClH.Pd/c2*1-4-10-16(11-5-1)19(17-12-6-2-7-13-17)18-14-8-3-9-15-18;1-2-9-7-8(3-5-10(9)12)4-6-11(13)14;1-2-6-5-7(9)3-4-8(6)10;1-2-3(4)5;;;/h2*1-15H;3-7H,2H2,1H3,(H2,13,14);3-5H,2H2,1H3;2H,1H2,(H2,4,5);2*1H;/q;;;;;;;+2/p-2/b;;6-4+;;;;;. The molecule has 70 heavy (non-hydrogen) atoms. The fourth-order valence-electron chi connectivity index (χ4n) is 6.32. The molecule has 12 heteroatoms. The van der Waals surface area contributed by atoms with Crippen molar-refractivity contribution < 1.29 is 25.5 Å². The topological polar surface area (TPSA) is 86.2 Å². The zero-order valence-corrected chi connectivity index (χ0v) is 46.7. The van der Waals surface area contributed by atoms with Crippen molar-refractivity contribution in [1.29, 1.82) is 0 Å². The van der Waals surface area contributed by atoms with Gasteiger partial charge in [0.2, 0.25) is 11.8 Å². The Morgan fingerprint density at radius 1 is 0.500 bits per heavy atom. The largest absolute Gasteiger partial charge is 0.0622 e. The van der Waals surface area contributed by atoms with Gasteiger partial charge in [-0.1, -0.05) is 254 Å². The molecule has 0 aromatic heterocycles. The minimum atomic E-state index is -0.481. The second kappa shape index (κ2) is 35.4. The number of hydrogen-bond acceptors (Lipinski definition) is 2. The smallest absolute Gasteiger partial charge is 0.0134 e. The molecule has 2 amide bonds. The molecule has 0 aliphatic carbocycles. The molecule has 0 spiro atoms. The van der Waals surface area contributed by atoms with Gasteiger partial charge in [0.15, 0.2) is 0 Å². The van der Waals surface area contributed by atoms with E-state index in [1.807, 2.05) is 43.3 Å². The third-order valence-corrected chi connectivity index (χ3v) is 15.7. The van der Waals surface area contributed by atoms with Crippen molar-refractivity contribution in [2.45, 2.75) is 26.7 Å². The van der Waals surface area contributed by atoms with Crippen LogP contribution in [0.15, 0.2) is 242 Å². The van der Waals surface area contributed by atoms with E-state index in [4.69, 9.17) is 48.0 Å². The fraction of sp³-hybridized carbons (Fsp3) is 0.0690. The van der Waals surface area contributed by atoms with Crippen LogP contribution in [0, 0.1) is 0 Å². The Morgan fingerprint density at radius 3 is 1.01 bits per heavy atom. The Balaban J connectivity index is 0.000000240. The Morgan fingerprint density at radius 2 is 0.771 bits per heavy atom. The predicted molar refractivity (Wildman–Crippen MR) is 309 cm³/mol. The molecule has 0 unspecified atom stereocenters. The molecule has 0 heterocycles. The monoisotopic (exact) mass is 1200 g/mol. The molecule has 8 aromatic carbocycles. The number of primary amides is 2. The van der Waals surface area contributed by atoms with Crippen LogP contribution in [0.25, 0.3) is 6.08 Å². The molecule has 4 nitrogen and oxygen atoms in total. The Kier molecular flexibility index (Phi) is 30.2. The first-order valence-electron chi connectivity index (χ1n) is 21.8. The van der Waals surface area contributed by atoms with Gasteiger partial charge in [0.1, 0.15) is 0 Å². The molecule has 0 fully saturated rings. The van der Waals surface area contributed by atoms with Gasteiger partial charge in [-0.25, -0.2) is 0 Å². The van der Waals surface area contributed by atoms with E-state index in [1.165, 1.54) is 43.5 Å². The third kappa shape index (κ3) is 22.6. The maximum absolute atomic E-state index is 10.5. The summed E-state index contributed by atoms with van der Waals surface area (Å²) in [5.41, 5.74) is 12.7. The molecule has 0 aliphatic heterocycles. The van der Waals surface area contributed by atoms with Gasteiger partial charge < -0.3 is 11.5 Å². The Labute approximate surface area is 451 Å². The molecule has 4 N–H and O–H groups in total. The van der Waals surface area contributed by atoms with Crippen LogP contribution in [0.3, 0.4) is 0 Å². The summed E-state index contributed by atoms with van der Waals surface area (Å²) in [6.45, 7) is 7.21. The maximum atomic E-state index is 10.5. The molecule has 0 saturated carbocycles. The molecular formula is C58H55BrCl4N2O2P2Pd. The van der Waals surface area contributed by atoms with Crippen LogP contribution < -0.4 is 43.3 Å². The number of carbonyl (C=O) groups is 2. The summed E-state index contributed by atoms with van der Waals surface area (Å²) >= 11 is 15.1. The molecule has 0 aliphatic rings. The SMILES string of the molecule is C=CC(N)=O.CCc1cc(/C=C/C(N)=O)ccc1Cl.CCc1cc(Br)ccc1Cl.[Cl][Pd][Cl].c1ccc(P(c2ccccc2)c2ccccc2)cc1.c1ccc(P(c2ccccc2)c2ccccc2)cc1. The van der Waals surface area contributed by atoms with Crippen LogP contribution in [-0.2, 0) is 38.4 Å². The first kappa shape index (κ1) is 59.7. The van der Waals surface area contributed by atoms with Crippen molar-refractivity contribution in [1.82, 2.24) is 0 Å². The first-order valence-corrected chi connectivity index (χ1v) is 30.0. The number of rotatable bonds is 11. The van der Waals surface area contributed by atoms with Crippen molar-refractivity contribution in [2.75, 3.05) is 0 Å². The van der Waals surface area contributed by atoms with Crippen LogP contribution in [0.4, 0.5) is 0 Å². The van der Waals surface area contributed by atoms with Crippen LogP contribution in [-0.4, -0.2) is 11.8 Å². The number of aryl methyl sites for hydroxylation is 2. The summed E-state index contributed by atoms with van der Waals surface area (Å²) in [5.74, 6) is -0.928. The van der Waals surface area contributed by atoms with E-state index in [0.717, 1.165) is 44.6 Å². The number of halogens is 5. The summed E-state index contributed by atoms with van der Waals surface area (Å²) in [5, 5.41) is 9.99. The number of amides is 2. The second-order valence-corrected chi connectivity index (χ2v) is 22.9. The van der Waals surface area contributed by atoms with Crippen molar-refractivity contribution in [3.05, 3.63) is 268 Å². The van der Waals surface area contributed by atoms with E-state index < -0.39 is 27.7 Å². The fourth-order valence-corrected chi connectivity index (χ4v) is 11.8. The van der Waals surface area contributed by atoms with Crippen molar-refractivity contribution in [3.8, 4) is 0 Å². The predicted octanol–water partition coefficient (Wildman–Crippen LogP) is 14.0. The zero-order chi connectivity index (χ0) is 50.9. The van der Waals surface area contributed by atoms with Crippen LogP contribution in [0.5, 0.6) is 0 Å². The van der Waals surface area contributed by atoms with Gasteiger partial charge >= 0.3 is 35.0 Å². The van der Waals surface area contributed by atoms with Gasteiger partial charge in [-0.2, -0.15) is 0 Å². The molecule has 364 valence electrons. The zero-order valence-electron chi connectivity index (χ0n) is 38.7. The van der Waals surface area contributed by atoms with E-state index in [1.54, 1.807) is 6.08 Å². The molecule has 0 radical (unpaired) electrons. The molecule has 8 aromatic rings. The minimum Gasteiger partial charge on any atom is -0.0622 e. The average molecular weight is 1200 g/mol. The van der Waals surface area contributed by atoms with Gasteiger partial charge in [-0.15, -0.1) is 0 Å². The summed E-state index contributed by atoms with van der Waals surface area (Å²) in [6, 6.07) is 76.2.